The van der Waals surface area contributed by atoms with Crippen molar-refractivity contribution in [3.63, 3.8) is 0 Å². The van der Waals surface area contributed by atoms with Gasteiger partial charge in [0, 0.05) is 6.42 Å². The second-order valence-electron chi connectivity index (χ2n) is 7.62. The average Bonchev–Trinajstić information content (AvgIpc) is 3.32. The summed E-state index contributed by atoms with van der Waals surface area (Å²) in [6.07, 6.45) is 3.13. The molecule has 0 spiro atoms. The van der Waals surface area contributed by atoms with E-state index in [2.05, 4.69) is 32.7 Å². The molecule has 1 fully saturated rings. The van der Waals surface area contributed by atoms with Crippen LogP contribution < -0.4 is 10.9 Å². The number of nitrogens with zero attached hydrogens (tertiary/aromatic N) is 2. The third kappa shape index (κ3) is 4.42. The number of esters is 1. The topological polar surface area (TPSA) is 112 Å². The summed E-state index contributed by atoms with van der Waals surface area (Å²) in [6, 6.07) is 18.3. The number of nitrogens with one attached hydrogen (secondary N) is 3. The van der Waals surface area contributed by atoms with Gasteiger partial charge in [0.25, 0.3) is 5.56 Å². The molecular weight excluding hydrogens is 394 g/mol. The first kappa shape index (κ1) is 20.6. The second-order valence-corrected chi connectivity index (χ2v) is 7.62. The number of cyclic esters (lactones) is 1. The molecule has 4 rings (SSSR count). The molecule has 8 heteroatoms. The van der Waals surface area contributed by atoms with Crippen LogP contribution in [0, 0.1) is 0 Å². The maximum atomic E-state index is 12.8. The minimum absolute atomic E-state index is 0.0856. The summed E-state index contributed by atoms with van der Waals surface area (Å²) in [5, 5.41) is 16.6. The largest absolute Gasteiger partial charge is 0.453 e. The number of anilines is 1. The number of unbranched alkanes of at least 4 members (excludes halogenated alkanes) is 1. The Bertz CT molecular complexity index is 1110. The number of benzene rings is 2. The van der Waals surface area contributed by atoms with Crippen molar-refractivity contribution in [2.24, 2.45) is 10.2 Å². The first-order chi connectivity index (χ1) is 15.1. The number of azo groups is 1. The first-order valence-corrected chi connectivity index (χ1v) is 10.4. The van der Waals surface area contributed by atoms with Gasteiger partial charge in [0.05, 0.1) is 5.69 Å². The SMILES string of the molecule is CCCCC1(c2ccccc2)CC(Nc2[nH][nH]c(=O)c2N=Nc2ccccc2)C(=O)O1. The number of aromatic nitrogens is 2. The van der Waals surface area contributed by atoms with Gasteiger partial charge in [-0.25, -0.2) is 4.79 Å². The molecule has 1 saturated heterocycles. The number of aromatic amines is 2. The minimum atomic E-state index is -0.686. The molecule has 2 unspecified atom stereocenters. The van der Waals surface area contributed by atoms with E-state index in [1.165, 1.54) is 0 Å². The molecule has 3 aromatic rings. The highest BCUT2D eigenvalue weighted by atomic mass is 16.6. The predicted octanol–water partition coefficient (Wildman–Crippen LogP) is 4.93. The van der Waals surface area contributed by atoms with Crippen LogP contribution >= 0.6 is 0 Å². The summed E-state index contributed by atoms with van der Waals surface area (Å²) in [7, 11) is 0. The van der Waals surface area contributed by atoms with Gasteiger partial charge in [-0.1, -0.05) is 61.9 Å². The van der Waals surface area contributed by atoms with Crippen LogP contribution in [0.4, 0.5) is 17.2 Å². The molecule has 3 N–H and O–H groups in total. The van der Waals surface area contributed by atoms with Gasteiger partial charge in [-0.3, -0.25) is 15.0 Å². The van der Waals surface area contributed by atoms with E-state index in [0.29, 0.717) is 17.9 Å². The van der Waals surface area contributed by atoms with Crippen molar-refractivity contribution >= 4 is 23.2 Å². The van der Waals surface area contributed by atoms with Crippen molar-refractivity contribution in [1.29, 1.82) is 0 Å². The smallest absolute Gasteiger partial charge is 0.329 e. The maximum absolute atomic E-state index is 12.8. The predicted molar refractivity (Wildman–Crippen MR) is 118 cm³/mol. The molecule has 0 bridgehead atoms. The summed E-state index contributed by atoms with van der Waals surface area (Å²) >= 11 is 0. The molecule has 1 aliphatic heterocycles. The molecule has 1 aromatic heterocycles. The van der Waals surface area contributed by atoms with Gasteiger partial charge >= 0.3 is 5.97 Å². The number of hydrogen-bond donors (Lipinski definition) is 3. The zero-order valence-electron chi connectivity index (χ0n) is 17.3. The molecule has 160 valence electrons. The van der Waals surface area contributed by atoms with E-state index in [1.54, 1.807) is 12.1 Å². The lowest BCUT2D eigenvalue weighted by atomic mass is 9.85. The third-order valence-corrected chi connectivity index (χ3v) is 5.44. The van der Waals surface area contributed by atoms with Gasteiger partial charge in [0.2, 0.25) is 0 Å². The van der Waals surface area contributed by atoms with Gasteiger partial charge < -0.3 is 10.1 Å². The minimum Gasteiger partial charge on any atom is -0.453 e. The number of ether oxygens (including phenoxy) is 1. The van der Waals surface area contributed by atoms with Crippen molar-refractivity contribution in [2.45, 2.75) is 44.2 Å². The van der Waals surface area contributed by atoms with Crippen LogP contribution in [0.2, 0.25) is 0 Å². The van der Waals surface area contributed by atoms with Crippen molar-refractivity contribution in [3.05, 3.63) is 76.6 Å². The molecule has 31 heavy (non-hydrogen) atoms. The lowest BCUT2D eigenvalue weighted by Crippen LogP contribution is -2.27. The molecule has 2 atom stereocenters. The Morgan fingerprint density at radius 3 is 2.45 bits per heavy atom. The standard InChI is InChI=1S/C23H25N5O3/c1-2-3-14-23(16-10-6-4-7-11-16)15-18(22(30)31-23)24-20-19(21(29)28-27-20)26-25-17-12-8-5-9-13-17/h4-13,18H,2-3,14-15H2,1H3,(H3,24,27,28,29). The second kappa shape index (κ2) is 8.99. The lowest BCUT2D eigenvalue weighted by Gasteiger charge is -2.28. The number of rotatable bonds is 8. The number of hydrogen-bond acceptors (Lipinski definition) is 6. The molecular formula is C23H25N5O3. The molecule has 2 heterocycles. The fourth-order valence-electron chi connectivity index (χ4n) is 3.83. The number of carbonyl (C=O) groups excluding carboxylic acids is 1. The van der Waals surface area contributed by atoms with Crippen LogP contribution in [0.15, 0.2) is 75.7 Å². The van der Waals surface area contributed by atoms with Gasteiger partial charge in [-0.15, -0.1) is 5.11 Å². The zero-order valence-corrected chi connectivity index (χ0v) is 17.3. The van der Waals surface area contributed by atoms with Crippen LogP contribution in [0.5, 0.6) is 0 Å². The fourth-order valence-corrected chi connectivity index (χ4v) is 3.83. The van der Waals surface area contributed by atoms with Crippen LogP contribution in [-0.4, -0.2) is 22.2 Å². The van der Waals surface area contributed by atoms with Gasteiger partial charge in [0.1, 0.15) is 11.6 Å². The Labute approximate surface area is 179 Å². The summed E-state index contributed by atoms with van der Waals surface area (Å²) in [5.74, 6) is -0.0427. The molecule has 1 aliphatic rings. The van der Waals surface area contributed by atoms with Crippen LogP contribution in [0.1, 0.15) is 38.2 Å². The van der Waals surface area contributed by atoms with Crippen molar-refractivity contribution in [1.82, 2.24) is 10.2 Å². The van der Waals surface area contributed by atoms with Gasteiger partial charge in [-0.05, 0) is 30.5 Å². The third-order valence-electron chi connectivity index (χ3n) is 5.44. The molecule has 0 radical (unpaired) electrons. The van der Waals surface area contributed by atoms with Crippen molar-refractivity contribution in [3.8, 4) is 0 Å². The highest BCUT2D eigenvalue weighted by Crippen LogP contribution is 2.42. The van der Waals surface area contributed by atoms with Gasteiger partial charge in [-0.2, -0.15) is 5.11 Å². The van der Waals surface area contributed by atoms with E-state index in [0.717, 1.165) is 24.8 Å². The van der Waals surface area contributed by atoms with E-state index in [-0.39, 0.29) is 11.7 Å². The van der Waals surface area contributed by atoms with E-state index < -0.39 is 17.2 Å². The molecule has 8 nitrogen and oxygen atoms in total. The van der Waals surface area contributed by atoms with E-state index in [4.69, 9.17) is 4.74 Å². The van der Waals surface area contributed by atoms with E-state index >= 15 is 0 Å². The van der Waals surface area contributed by atoms with Crippen LogP contribution in [-0.2, 0) is 15.1 Å². The highest BCUT2D eigenvalue weighted by molar-refractivity contribution is 5.83. The Balaban J connectivity index is 1.57. The average molecular weight is 419 g/mol. The van der Waals surface area contributed by atoms with Crippen LogP contribution in [0.3, 0.4) is 0 Å². The maximum Gasteiger partial charge on any atom is 0.329 e. The van der Waals surface area contributed by atoms with E-state index in [9.17, 15) is 9.59 Å². The monoisotopic (exact) mass is 419 g/mol. The Morgan fingerprint density at radius 1 is 1.03 bits per heavy atom. The summed E-state index contributed by atoms with van der Waals surface area (Å²) in [6.45, 7) is 2.11. The molecule has 2 aromatic carbocycles. The Kier molecular flexibility index (Phi) is 5.97. The lowest BCUT2D eigenvalue weighted by molar-refractivity contribution is -0.150. The quantitative estimate of drug-likeness (QED) is 0.355. The first-order valence-electron chi connectivity index (χ1n) is 10.4. The van der Waals surface area contributed by atoms with Gasteiger partial charge in [0.15, 0.2) is 11.5 Å². The van der Waals surface area contributed by atoms with Crippen LogP contribution in [0.25, 0.3) is 0 Å². The fraction of sp³-hybridized carbons (Fsp3) is 0.304. The summed E-state index contributed by atoms with van der Waals surface area (Å²) < 4.78 is 5.94. The Morgan fingerprint density at radius 2 is 1.74 bits per heavy atom. The Hall–Kier alpha value is -3.68. The molecule has 0 amide bonds. The molecule has 0 aliphatic carbocycles. The molecule has 0 saturated carbocycles. The van der Waals surface area contributed by atoms with E-state index in [1.807, 2.05) is 48.5 Å². The summed E-state index contributed by atoms with van der Waals surface area (Å²) in [4.78, 5) is 25.0. The van der Waals surface area contributed by atoms with Crippen molar-refractivity contribution in [2.75, 3.05) is 5.32 Å². The zero-order chi connectivity index (χ0) is 21.7. The summed E-state index contributed by atoms with van der Waals surface area (Å²) in [5.41, 5.74) is 0.579. The van der Waals surface area contributed by atoms with Crippen molar-refractivity contribution < 1.29 is 9.53 Å². The highest BCUT2D eigenvalue weighted by Gasteiger charge is 2.47. The number of carbonyl (C=O) groups is 1. The number of H-pyrrole nitrogens is 2. The normalized spacial score (nSPS) is 20.8.